The van der Waals surface area contributed by atoms with Crippen LogP contribution in [-0.2, 0) is 4.79 Å². The molecule has 1 fully saturated rings. The van der Waals surface area contributed by atoms with Crippen molar-refractivity contribution in [3.63, 3.8) is 0 Å². The molecule has 1 aliphatic carbocycles. The third-order valence-corrected chi connectivity index (χ3v) is 3.95. The van der Waals surface area contributed by atoms with Crippen molar-refractivity contribution in [2.45, 2.75) is 45.1 Å². The van der Waals surface area contributed by atoms with E-state index in [-0.39, 0.29) is 18.0 Å². The minimum atomic E-state index is -0.744. The van der Waals surface area contributed by atoms with Gasteiger partial charge < -0.3 is 20.2 Å². The Morgan fingerprint density at radius 2 is 1.90 bits per heavy atom. The predicted octanol–water partition coefficient (Wildman–Crippen LogP) is 1.61. The molecule has 0 spiro atoms. The van der Waals surface area contributed by atoms with E-state index in [1.54, 1.807) is 0 Å². The molecule has 122 valence electrons. The van der Waals surface area contributed by atoms with Gasteiger partial charge in [-0.1, -0.05) is 13.3 Å². The van der Waals surface area contributed by atoms with Crippen LogP contribution in [0.3, 0.4) is 0 Å². The molecule has 1 aliphatic rings. The van der Waals surface area contributed by atoms with E-state index in [0.29, 0.717) is 13.0 Å². The first-order chi connectivity index (χ1) is 9.93. The number of hydrogen-bond donors (Lipinski definition) is 2. The van der Waals surface area contributed by atoms with Crippen molar-refractivity contribution >= 4 is 12.0 Å². The Morgan fingerprint density at radius 3 is 2.48 bits per heavy atom. The number of carbonyl (C=O) groups excluding carboxylic acids is 1. The fourth-order valence-electron chi connectivity index (χ4n) is 2.72. The lowest BCUT2D eigenvalue weighted by molar-refractivity contribution is -0.143. The summed E-state index contributed by atoms with van der Waals surface area (Å²) in [5, 5.41) is 12.1. The average Bonchev–Trinajstić information content (AvgIpc) is 2.43. The Kier molecular flexibility index (Phi) is 7.50. The second kappa shape index (κ2) is 8.87. The molecule has 6 heteroatoms. The second-order valence-electron chi connectivity index (χ2n) is 6.14. The van der Waals surface area contributed by atoms with E-state index in [9.17, 15) is 9.59 Å². The number of nitrogens with one attached hydrogen (secondary N) is 1. The molecule has 1 saturated carbocycles. The highest BCUT2D eigenvalue weighted by molar-refractivity contribution is 5.75. The zero-order valence-corrected chi connectivity index (χ0v) is 13.5. The highest BCUT2D eigenvalue weighted by Crippen LogP contribution is 2.24. The van der Waals surface area contributed by atoms with Gasteiger partial charge in [0.15, 0.2) is 0 Å². The summed E-state index contributed by atoms with van der Waals surface area (Å²) in [6.07, 6.45) is 3.94. The van der Waals surface area contributed by atoms with Crippen molar-refractivity contribution in [2.24, 2.45) is 5.92 Å². The number of carbonyl (C=O) groups is 2. The van der Waals surface area contributed by atoms with Crippen molar-refractivity contribution < 1.29 is 14.7 Å². The molecule has 0 aromatic heterocycles. The van der Waals surface area contributed by atoms with Crippen LogP contribution in [0.25, 0.3) is 0 Å². The molecule has 0 saturated heterocycles. The Labute approximate surface area is 127 Å². The quantitative estimate of drug-likeness (QED) is 0.749. The Morgan fingerprint density at radius 1 is 1.19 bits per heavy atom. The molecule has 0 heterocycles. The smallest absolute Gasteiger partial charge is 0.317 e. The number of carboxylic acids is 1. The van der Waals surface area contributed by atoms with Gasteiger partial charge in [0, 0.05) is 25.7 Å². The topological polar surface area (TPSA) is 72.9 Å². The third-order valence-electron chi connectivity index (χ3n) is 3.95. The first-order valence-corrected chi connectivity index (χ1v) is 7.87. The van der Waals surface area contributed by atoms with Gasteiger partial charge in [0.25, 0.3) is 0 Å². The zero-order valence-electron chi connectivity index (χ0n) is 13.5. The Bertz CT molecular complexity index is 347. The van der Waals surface area contributed by atoms with Gasteiger partial charge in [0.1, 0.15) is 0 Å². The minimum Gasteiger partial charge on any atom is -0.481 e. The lowest BCUT2D eigenvalue weighted by Gasteiger charge is -2.31. The molecule has 0 aromatic carbocycles. The lowest BCUT2D eigenvalue weighted by atomic mass is 9.86. The lowest BCUT2D eigenvalue weighted by Crippen LogP contribution is -2.48. The Hall–Kier alpha value is -1.30. The second-order valence-corrected chi connectivity index (χ2v) is 6.14. The first kappa shape index (κ1) is 17.8. The monoisotopic (exact) mass is 299 g/mol. The molecule has 0 radical (unpaired) electrons. The predicted molar refractivity (Wildman–Crippen MR) is 82.3 cm³/mol. The number of hydrogen-bond acceptors (Lipinski definition) is 3. The number of aliphatic carboxylic acids is 1. The van der Waals surface area contributed by atoms with E-state index in [1.807, 2.05) is 19.0 Å². The van der Waals surface area contributed by atoms with Crippen molar-refractivity contribution in [2.75, 3.05) is 33.7 Å². The molecule has 21 heavy (non-hydrogen) atoms. The van der Waals surface area contributed by atoms with Gasteiger partial charge in [0.05, 0.1) is 5.92 Å². The maximum absolute atomic E-state index is 12.3. The molecular weight excluding hydrogens is 270 g/mol. The number of urea groups is 1. The standard InChI is InChI=1S/C15H29N3O3/c1-4-8-18(10-9-17(2)3)15(21)16-13-7-5-6-12(11-13)14(19)20/h12-13H,4-11H2,1-3H3,(H,16,21)(H,19,20). The van der Waals surface area contributed by atoms with Crippen molar-refractivity contribution in [1.82, 2.24) is 15.1 Å². The maximum atomic E-state index is 12.3. The average molecular weight is 299 g/mol. The number of nitrogens with zero attached hydrogens (tertiary/aromatic N) is 2. The molecule has 2 unspecified atom stereocenters. The molecule has 0 bridgehead atoms. The van der Waals surface area contributed by atoms with Gasteiger partial charge >= 0.3 is 12.0 Å². The summed E-state index contributed by atoms with van der Waals surface area (Å²) in [6.45, 7) is 4.31. The van der Waals surface area contributed by atoms with Gasteiger partial charge in [-0.3, -0.25) is 4.79 Å². The molecule has 2 amide bonds. The summed E-state index contributed by atoms with van der Waals surface area (Å²) in [6, 6.07) is -0.0687. The molecule has 6 nitrogen and oxygen atoms in total. The highest BCUT2D eigenvalue weighted by atomic mass is 16.4. The molecule has 0 aliphatic heterocycles. The number of amides is 2. The number of carboxylic acid groups (broad SMARTS) is 1. The summed E-state index contributed by atoms with van der Waals surface area (Å²) in [4.78, 5) is 27.3. The molecule has 0 aromatic rings. The van der Waals surface area contributed by atoms with Crippen LogP contribution in [0.2, 0.25) is 0 Å². The van der Waals surface area contributed by atoms with Gasteiger partial charge in [-0.25, -0.2) is 4.79 Å². The van der Waals surface area contributed by atoms with E-state index in [4.69, 9.17) is 5.11 Å². The van der Waals surface area contributed by atoms with Crippen LogP contribution in [0.1, 0.15) is 39.0 Å². The first-order valence-electron chi connectivity index (χ1n) is 7.87. The summed E-state index contributed by atoms with van der Waals surface area (Å²) >= 11 is 0. The normalized spacial score (nSPS) is 22.1. The van der Waals surface area contributed by atoms with Gasteiger partial charge in [-0.15, -0.1) is 0 Å². The van der Waals surface area contributed by atoms with Crippen LogP contribution in [0.5, 0.6) is 0 Å². The number of likely N-dealkylation sites (N-methyl/N-ethyl adjacent to an activating group) is 1. The van der Waals surface area contributed by atoms with E-state index in [0.717, 1.165) is 38.8 Å². The van der Waals surface area contributed by atoms with E-state index in [1.165, 1.54) is 0 Å². The molecule has 2 N–H and O–H groups in total. The largest absolute Gasteiger partial charge is 0.481 e. The highest BCUT2D eigenvalue weighted by Gasteiger charge is 2.28. The molecular formula is C15H29N3O3. The maximum Gasteiger partial charge on any atom is 0.317 e. The van der Waals surface area contributed by atoms with E-state index in [2.05, 4.69) is 17.1 Å². The van der Waals surface area contributed by atoms with Crippen molar-refractivity contribution in [3.05, 3.63) is 0 Å². The van der Waals surface area contributed by atoms with Crippen LogP contribution in [-0.4, -0.2) is 66.7 Å². The molecule has 1 rings (SSSR count). The van der Waals surface area contributed by atoms with Gasteiger partial charge in [-0.05, 0) is 39.8 Å². The summed E-state index contributed by atoms with van der Waals surface area (Å²) in [5.41, 5.74) is 0. The summed E-state index contributed by atoms with van der Waals surface area (Å²) < 4.78 is 0. The van der Waals surface area contributed by atoms with Crippen LogP contribution in [0, 0.1) is 5.92 Å². The summed E-state index contributed by atoms with van der Waals surface area (Å²) in [5.74, 6) is -1.06. The van der Waals surface area contributed by atoms with Gasteiger partial charge in [0.2, 0.25) is 0 Å². The fourth-order valence-corrected chi connectivity index (χ4v) is 2.72. The van der Waals surface area contributed by atoms with Crippen LogP contribution in [0.15, 0.2) is 0 Å². The van der Waals surface area contributed by atoms with E-state index < -0.39 is 5.97 Å². The van der Waals surface area contributed by atoms with Crippen LogP contribution >= 0.6 is 0 Å². The van der Waals surface area contributed by atoms with Crippen LogP contribution in [0.4, 0.5) is 4.79 Å². The minimum absolute atomic E-state index is 0.00828. The third kappa shape index (κ3) is 6.33. The van der Waals surface area contributed by atoms with Crippen molar-refractivity contribution in [3.8, 4) is 0 Å². The fraction of sp³-hybridized carbons (Fsp3) is 0.867. The summed E-state index contributed by atoms with van der Waals surface area (Å²) in [7, 11) is 3.97. The number of rotatable bonds is 7. The Balaban J connectivity index is 2.49. The zero-order chi connectivity index (χ0) is 15.8. The SMILES string of the molecule is CCCN(CCN(C)C)C(=O)NC1CCCC(C(=O)O)C1. The van der Waals surface area contributed by atoms with Gasteiger partial charge in [-0.2, -0.15) is 0 Å². The van der Waals surface area contributed by atoms with Crippen LogP contribution < -0.4 is 5.32 Å². The van der Waals surface area contributed by atoms with Crippen molar-refractivity contribution in [1.29, 1.82) is 0 Å². The molecule has 2 atom stereocenters. The van der Waals surface area contributed by atoms with E-state index >= 15 is 0 Å².